The number of methoxy groups -OCH3 is 1. The molecule has 3 aromatic heterocycles. The number of aromatic nitrogens is 3. The van der Waals surface area contributed by atoms with Crippen LogP contribution in [0.25, 0.3) is 21.6 Å². The van der Waals surface area contributed by atoms with E-state index in [9.17, 15) is 14.7 Å². The SMILES string of the molecule is CCOc1cc(C2C(=C(O)c3c(C)nc4ccccn34)C(=O)C(=O)N2c2nc3ccc(OC)cc3s2)ccc1OCc1ccccc1. The van der Waals surface area contributed by atoms with Crippen molar-refractivity contribution in [1.82, 2.24) is 14.4 Å². The molecule has 1 saturated heterocycles. The molecule has 11 heteroatoms. The lowest BCUT2D eigenvalue weighted by molar-refractivity contribution is -0.132. The van der Waals surface area contributed by atoms with E-state index < -0.39 is 17.7 Å². The van der Waals surface area contributed by atoms with Crippen LogP contribution in [0.5, 0.6) is 17.2 Å². The van der Waals surface area contributed by atoms with E-state index in [0.717, 1.165) is 10.3 Å². The van der Waals surface area contributed by atoms with Crippen molar-refractivity contribution in [2.24, 2.45) is 0 Å². The monoisotopic (exact) mass is 646 g/mol. The maximum Gasteiger partial charge on any atom is 0.301 e. The van der Waals surface area contributed by atoms with Crippen molar-refractivity contribution >= 4 is 49.8 Å². The Morgan fingerprint density at radius 3 is 2.53 bits per heavy atom. The quantitative estimate of drug-likeness (QED) is 0.103. The third-order valence-electron chi connectivity index (χ3n) is 7.98. The maximum atomic E-state index is 14.0. The van der Waals surface area contributed by atoms with E-state index in [1.54, 1.807) is 67.1 Å². The first-order valence-corrected chi connectivity index (χ1v) is 15.8. The van der Waals surface area contributed by atoms with Crippen LogP contribution in [0.15, 0.2) is 96.7 Å². The summed E-state index contributed by atoms with van der Waals surface area (Å²) in [4.78, 5) is 38.6. The Labute approximate surface area is 274 Å². The molecule has 3 aromatic carbocycles. The minimum absolute atomic E-state index is 0.0824. The standard InChI is InChI=1S/C36H30N4O6S/c1-4-45-27-18-23(13-16-26(27)46-20-22-10-6-5-7-11-22)32-30(33(41)31-21(2)37-29-12-8-9-17-39(29)31)34(42)35(43)40(32)36-38-25-15-14-24(44-3)19-28(25)47-36/h5-19,32,41H,4,20H2,1-3H3. The van der Waals surface area contributed by atoms with E-state index in [-0.39, 0.29) is 11.3 Å². The molecule has 0 saturated carbocycles. The van der Waals surface area contributed by atoms with Crippen LogP contribution in [0.4, 0.5) is 5.13 Å². The van der Waals surface area contributed by atoms with Crippen molar-refractivity contribution in [3.63, 3.8) is 0 Å². The minimum atomic E-state index is -1.03. The number of anilines is 1. The largest absolute Gasteiger partial charge is 0.505 e. The van der Waals surface area contributed by atoms with Crippen LogP contribution >= 0.6 is 11.3 Å². The van der Waals surface area contributed by atoms with Crippen LogP contribution in [0.3, 0.4) is 0 Å². The van der Waals surface area contributed by atoms with E-state index in [0.29, 0.717) is 63.7 Å². The Kier molecular flexibility index (Phi) is 7.82. The molecule has 1 aliphatic heterocycles. The number of rotatable bonds is 9. The van der Waals surface area contributed by atoms with Crippen LogP contribution in [0, 0.1) is 6.92 Å². The van der Waals surface area contributed by atoms with E-state index in [1.807, 2.05) is 49.4 Å². The van der Waals surface area contributed by atoms with E-state index >= 15 is 0 Å². The number of carbonyl (C=O) groups is 2. The lowest BCUT2D eigenvalue weighted by atomic mass is 9.96. The Morgan fingerprint density at radius 2 is 1.74 bits per heavy atom. The molecule has 6 aromatic rings. The van der Waals surface area contributed by atoms with Crippen molar-refractivity contribution < 1.29 is 28.9 Å². The Hall–Kier alpha value is -5.68. The smallest absolute Gasteiger partial charge is 0.301 e. The molecule has 1 fully saturated rings. The van der Waals surface area contributed by atoms with Crippen molar-refractivity contribution in [3.05, 3.63) is 119 Å². The Balaban J connectivity index is 1.40. The van der Waals surface area contributed by atoms with Gasteiger partial charge in [-0.2, -0.15) is 0 Å². The fraction of sp³-hybridized carbons (Fsp3) is 0.167. The molecule has 7 rings (SSSR count). The number of fused-ring (bicyclic) bond motifs is 2. The number of imidazole rings is 1. The van der Waals surface area contributed by atoms with Gasteiger partial charge >= 0.3 is 5.91 Å². The van der Waals surface area contributed by atoms with Gasteiger partial charge in [0.25, 0.3) is 5.78 Å². The molecule has 236 valence electrons. The highest BCUT2D eigenvalue weighted by molar-refractivity contribution is 7.22. The predicted octanol–water partition coefficient (Wildman–Crippen LogP) is 6.87. The van der Waals surface area contributed by atoms with Crippen LogP contribution in [-0.2, 0) is 16.2 Å². The average molecular weight is 647 g/mol. The summed E-state index contributed by atoms with van der Waals surface area (Å²) in [6, 6.07) is 24.9. The second-order valence-corrected chi connectivity index (χ2v) is 11.9. The van der Waals surface area contributed by atoms with Gasteiger partial charge in [-0.05, 0) is 67.4 Å². The molecule has 0 radical (unpaired) electrons. The number of aliphatic hydroxyl groups is 1. The maximum absolute atomic E-state index is 14.0. The molecule has 1 amide bonds. The number of hydrogen-bond donors (Lipinski definition) is 1. The molecule has 0 spiro atoms. The molecule has 0 aliphatic carbocycles. The fourth-order valence-electron chi connectivity index (χ4n) is 5.81. The Morgan fingerprint density at radius 1 is 0.936 bits per heavy atom. The van der Waals surface area contributed by atoms with Gasteiger partial charge in [0.1, 0.15) is 23.7 Å². The van der Waals surface area contributed by atoms with Gasteiger partial charge in [-0.15, -0.1) is 0 Å². The van der Waals surface area contributed by atoms with Gasteiger partial charge in [0, 0.05) is 6.20 Å². The lowest BCUT2D eigenvalue weighted by Crippen LogP contribution is -2.29. The summed E-state index contributed by atoms with van der Waals surface area (Å²) in [5.74, 6) is -0.403. The molecule has 1 aliphatic rings. The highest BCUT2D eigenvalue weighted by Gasteiger charge is 2.49. The molecule has 47 heavy (non-hydrogen) atoms. The molecular weight excluding hydrogens is 616 g/mol. The number of thiazole rings is 1. The van der Waals surface area contributed by atoms with Crippen LogP contribution in [-0.4, -0.2) is 44.9 Å². The van der Waals surface area contributed by atoms with E-state index in [2.05, 4.69) is 4.98 Å². The summed E-state index contributed by atoms with van der Waals surface area (Å²) in [6.07, 6.45) is 1.75. The van der Waals surface area contributed by atoms with E-state index in [1.165, 1.54) is 16.2 Å². The number of nitrogens with zero attached hydrogens (tertiary/aromatic N) is 4. The first kappa shape index (κ1) is 30.0. The van der Waals surface area contributed by atoms with Gasteiger partial charge in [-0.3, -0.25) is 18.9 Å². The highest BCUT2D eigenvalue weighted by atomic mass is 32.1. The summed E-state index contributed by atoms with van der Waals surface area (Å²) in [7, 11) is 1.58. The highest BCUT2D eigenvalue weighted by Crippen LogP contribution is 2.46. The van der Waals surface area contributed by atoms with Crippen molar-refractivity contribution in [1.29, 1.82) is 0 Å². The van der Waals surface area contributed by atoms with E-state index in [4.69, 9.17) is 19.2 Å². The zero-order valence-electron chi connectivity index (χ0n) is 25.8. The van der Waals surface area contributed by atoms with Crippen LogP contribution in [0.1, 0.15) is 35.5 Å². The van der Waals surface area contributed by atoms with Gasteiger partial charge in [0.15, 0.2) is 22.4 Å². The normalized spacial score (nSPS) is 15.9. The zero-order valence-corrected chi connectivity index (χ0v) is 26.7. The van der Waals surface area contributed by atoms with Gasteiger partial charge < -0.3 is 19.3 Å². The summed E-state index contributed by atoms with van der Waals surface area (Å²) < 4.78 is 20.0. The van der Waals surface area contributed by atoms with Crippen molar-refractivity contribution in [2.45, 2.75) is 26.5 Å². The lowest BCUT2D eigenvalue weighted by Gasteiger charge is -2.24. The summed E-state index contributed by atoms with van der Waals surface area (Å²) >= 11 is 1.25. The molecule has 1 atom stereocenters. The predicted molar refractivity (Wildman–Crippen MR) is 179 cm³/mol. The molecule has 0 bridgehead atoms. The van der Waals surface area contributed by atoms with Gasteiger partial charge in [0.05, 0.1) is 41.2 Å². The summed E-state index contributed by atoms with van der Waals surface area (Å²) in [5, 5.41) is 12.3. The second-order valence-electron chi connectivity index (χ2n) is 10.9. The third-order valence-corrected chi connectivity index (χ3v) is 9.00. The number of benzene rings is 3. The third kappa shape index (κ3) is 5.34. The number of ether oxygens (including phenoxy) is 3. The van der Waals surface area contributed by atoms with Crippen molar-refractivity contribution in [2.75, 3.05) is 18.6 Å². The number of amides is 1. The fourth-order valence-corrected chi connectivity index (χ4v) is 6.83. The molecule has 1 unspecified atom stereocenters. The molecule has 4 heterocycles. The van der Waals surface area contributed by atoms with Crippen LogP contribution in [0.2, 0.25) is 0 Å². The average Bonchev–Trinajstić information content (AvgIpc) is 3.74. The first-order valence-electron chi connectivity index (χ1n) is 15.0. The minimum Gasteiger partial charge on any atom is -0.505 e. The Bertz CT molecular complexity index is 2190. The summed E-state index contributed by atoms with van der Waals surface area (Å²) in [5.41, 5.74) is 3.50. The zero-order chi connectivity index (χ0) is 32.7. The number of pyridine rings is 1. The molecule has 1 N–H and O–H groups in total. The van der Waals surface area contributed by atoms with Crippen molar-refractivity contribution in [3.8, 4) is 17.2 Å². The second kappa shape index (κ2) is 12.3. The number of aryl methyl sites for hydroxylation is 1. The number of ketones is 1. The number of carbonyl (C=O) groups excluding carboxylic acids is 2. The number of Topliss-reactive ketones (excluding diaryl/α,β-unsaturated/α-hetero) is 1. The molecule has 10 nitrogen and oxygen atoms in total. The van der Waals surface area contributed by atoms with Crippen LogP contribution < -0.4 is 19.1 Å². The topological polar surface area (TPSA) is 115 Å². The molecular formula is C36H30N4O6S. The first-order chi connectivity index (χ1) is 22.9. The van der Waals surface area contributed by atoms with Gasteiger partial charge in [0.2, 0.25) is 0 Å². The van der Waals surface area contributed by atoms with Gasteiger partial charge in [-0.1, -0.05) is 53.8 Å². The number of hydrogen-bond acceptors (Lipinski definition) is 9. The summed E-state index contributed by atoms with van der Waals surface area (Å²) in [6.45, 7) is 4.29. The number of aliphatic hydroxyl groups excluding tert-OH is 1. The van der Waals surface area contributed by atoms with Gasteiger partial charge in [-0.25, -0.2) is 9.97 Å².